The SMILES string of the molecule is CCNC(Cc1cc(F)ccc1F)c1cncc(F)c1. The van der Waals surface area contributed by atoms with Gasteiger partial charge in [-0.15, -0.1) is 0 Å². The van der Waals surface area contributed by atoms with Crippen LogP contribution in [0.15, 0.2) is 36.7 Å². The zero-order valence-electron chi connectivity index (χ0n) is 11.0. The maximum absolute atomic E-state index is 13.7. The lowest BCUT2D eigenvalue weighted by Crippen LogP contribution is -2.23. The van der Waals surface area contributed by atoms with E-state index < -0.39 is 17.5 Å². The van der Waals surface area contributed by atoms with E-state index in [4.69, 9.17) is 0 Å². The second kappa shape index (κ2) is 6.52. The van der Waals surface area contributed by atoms with Crippen LogP contribution in [0.4, 0.5) is 13.2 Å². The zero-order chi connectivity index (χ0) is 14.5. The van der Waals surface area contributed by atoms with Gasteiger partial charge in [0.25, 0.3) is 0 Å². The Morgan fingerprint density at radius 3 is 2.60 bits per heavy atom. The molecule has 1 aromatic carbocycles. The third-order valence-electron chi connectivity index (χ3n) is 3.01. The fourth-order valence-electron chi connectivity index (χ4n) is 2.09. The lowest BCUT2D eigenvalue weighted by molar-refractivity contribution is 0.516. The molecule has 0 saturated heterocycles. The number of aromatic nitrogens is 1. The van der Waals surface area contributed by atoms with Crippen molar-refractivity contribution in [3.8, 4) is 0 Å². The predicted molar refractivity (Wildman–Crippen MR) is 70.7 cm³/mol. The van der Waals surface area contributed by atoms with Crippen molar-refractivity contribution in [1.29, 1.82) is 0 Å². The number of nitrogens with zero attached hydrogens (tertiary/aromatic N) is 1. The van der Waals surface area contributed by atoms with Crippen molar-refractivity contribution in [2.45, 2.75) is 19.4 Å². The molecule has 1 heterocycles. The second-order valence-electron chi connectivity index (χ2n) is 4.49. The van der Waals surface area contributed by atoms with E-state index in [1.54, 1.807) is 0 Å². The van der Waals surface area contributed by atoms with Gasteiger partial charge >= 0.3 is 0 Å². The Balaban J connectivity index is 2.27. The van der Waals surface area contributed by atoms with Crippen LogP contribution in [0.25, 0.3) is 0 Å². The van der Waals surface area contributed by atoms with Crippen molar-refractivity contribution in [3.05, 3.63) is 65.2 Å². The van der Waals surface area contributed by atoms with E-state index in [-0.39, 0.29) is 18.0 Å². The average molecular weight is 280 g/mol. The van der Waals surface area contributed by atoms with E-state index >= 15 is 0 Å². The molecule has 0 aliphatic heterocycles. The predicted octanol–water partition coefficient (Wildman–Crippen LogP) is 3.39. The van der Waals surface area contributed by atoms with Gasteiger partial charge in [-0.2, -0.15) is 0 Å². The molecular formula is C15H15F3N2. The van der Waals surface area contributed by atoms with Crippen molar-refractivity contribution in [2.75, 3.05) is 6.54 Å². The maximum Gasteiger partial charge on any atom is 0.141 e. The quantitative estimate of drug-likeness (QED) is 0.908. The molecule has 2 nitrogen and oxygen atoms in total. The maximum atomic E-state index is 13.7. The summed E-state index contributed by atoms with van der Waals surface area (Å²) in [6.45, 7) is 2.51. The minimum absolute atomic E-state index is 0.225. The fraction of sp³-hybridized carbons (Fsp3) is 0.267. The number of pyridine rings is 1. The van der Waals surface area contributed by atoms with E-state index in [9.17, 15) is 13.2 Å². The summed E-state index contributed by atoms with van der Waals surface area (Å²) in [7, 11) is 0. The number of hydrogen-bond acceptors (Lipinski definition) is 2. The molecular weight excluding hydrogens is 265 g/mol. The lowest BCUT2D eigenvalue weighted by Gasteiger charge is -2.18. The summed E-state index contributed by atoms with van der Waals surface area (Å²) in [5.74, 6) is -1.42. The molecule has 0 saturated carbocycles. The van der Waals surface area contributed by atoms with Gasteiger partial charge in [0.2, 0.25) is 0 Å². The van der Waals surface area contributed by atoms with Crippen LogP contribution in [-0.4, -0.2) is 11.5 Å². The highest BCUT2D eigenvalue weighted by atomic mass is 19.1. The molecule has 1 atom stereocenters. The average Bonchev–Trinajstić information content (AvgIpc) is 2.42. The monoisotopic (exact) mass is 280 g/mol. The van der Waals surface area contributed by atoms with Crippen LogP contribution in [0.5, 0.6) is 0 Å². The molecule has 0 spiro atoms. The van der Waals surface area contributed by atoms with Crippen molar-refractivity contribution < 1.29 is 13.2 Å². The molecule has 0 aliphatic carbocycles. The van der Waals surface area contributed by atoms with Crippen LogP contribution >= 0.6 is 0 Å². The normalized spacial score (nSPS) is 12.4. The van der Waals surface area contributed by atoms with Crippen LogP contribution < -0.4 is 5.32 Å². The van der Waals surface area contributed by atoms with Gasteiger partial charge < -0.3 is 5.32 Å². The standard InChI is InChI=1S/C15H15F3N2/c1-2-20-15(11-6-13(17)9-19-8-11)7-10-5-12(16)3-4-14(10)18/h3-6,8-9,15,20H,2,7H2,1H3. The van der Waals surface area contributed by atoms with E-state index in [1.807, 2.05) is 6.92 Å². The van der Waals surface area contributed by atoms with Crippen molar-refractivity contribution >= 4 is 0 Å². The summed E-state index contributed by atoms with van der Waals surface area (Å²) < 4.78 is 40.1. The summed E-state index contributed by atoms with van der Waals surface area (Å²) >= 11 is 0. The molecule has 1 unspecified atom stereocenters. The van der Waals surface area contributed by atoms with Gasteiger partial charge in [0.15, 0.2) is 0 Å². The van der Waals surface area contributed by atoms with Crippen LogP contribution in [0, 0.1) is 17.5 Å². The number of likely N-dealkylation sites (N-methyl/N-ethyl adjacent to an activating group) is 1. The van der Waals surface area contributed by atoms with Crippen molar-refractivity contribution in [3.63, 3.8) is 0 Å². The highest BCUT2D eigenvalue weighted by Gasteiger charge is 2.15. The van der Waals surface area contributed by atoms with Gasteiger partial charge in [-0.05, 0) is 48.4 Å². The van der Waals surface area contributed by atoms with E-state index in [2.05, 4.69) is 10.3 Å². The van der Waals surface area contributed by atoms with Crippen molar-refractivity contribution in [1.82, 2.24) is 10.3 Å². The molecule has 1 N–H and O–H groups in total. The highest BCUT2D eigenvalue weighted by molar-refractivity contribution is 5.24. The summed E-state index contributed by atoms with van der Waals surface area (Å²) in [6, 6.07) is 4.35. The summed E-state index contributed by atoms with van der Waals surface area (Å²) in [5.41, 5.74) is 0.857. The molecule has 0 fully saturated rings. The van der Waals surface area contributed by atoms with Gasteiger partial charge in [0.05, 0.1) is 6.20 Å². The summed E-state index contributed by atoms with van der Waals surface area (Å²) in [5, 5.41) is 3.13. The van der Waals surface area contributed by atoms with Crippen LogP contribution in [0.1, 0.15) is 24.1 Å². The minimum Gasteiger partial charge on any atom is -0.310 e. The first-order chi connectivity index (χ1) is 9.60. The Morgan fingerprint density at radius 2 is 1.90 bits per heavy atom. The van der Waals surface area contributed by atoms with Gasteiger partial charge in [-0.1, -0.05) is 6.92 Å². The van der Waals surface area contributed by atoms with Crippen LogP contribution in [0.3, 0.4) is 0 Å². The Morgan fingerprint density at radius 1 is 1.10 bits per heavy atom. The summed E-state index contributed by atoms with van der Waals surface area (Å²) in [6.07, 6.45) is 2.85. The first-order valence-corrected chi connectivity index (χ1v) is 6.38. The molecule has 106 valence electrons. The Hall–Kier alpha value is -1.88. The Kier molecular flexibility index (Phi) is 4.74. The Bertz CT molecular complexity index is 587. The molecule has 0 amide bonds. The molecule has 0 radical (unpaired) electrons. The third kappa shape index (κ3) is 3.57. The van der Waals surface area contributed by atoms with Gasteiger partial charge in [0, 0.05) is 12.2 Å². The van der Waals surface area contributed by atoms with Crippen LogP contribution in [-0.2, 0) is 6.42 Å². The smallest absolute Gasteiger partial charge is 0.141 e. The van der Waals surface area contributed by atoms with Gasteiger partial charge in [-0.3, -0.25) is 4.98 Å². The second-order valence-corrected chi connectivity index (χ2v) is 4.49. The number of benzene rings is 1. The molecule has 20 heavy (non-hydrogen) atoms. The molecule has 2 aromatic rings. The number of halogens is 3. The molecule has 1 aromatic heterocycles. The van der Waals surface area contributed by atoms with Gasteiger partial charge in [-0.25, -0.2) is 13.2 Å². The van der Waals surface area contributed by atoms with E-state index in [1.165, 1.54) is 12.3 Å². The molecule has 0 bridgehead atoms. The summed E-state index contributed by atoms with van der Waals surface area (Å²) in [4.78, 5) is 3.79. The number of nitrogens with one attached hydrogen (secondary N) is 1. The minimum atomic E-state index is -0.492. The lowest BCUT2D eigenvalue weighted by atomic mass is 9.99. The highest BCUT2D eigenvalue weighted by Crippen LogP contribution is 2.21. The number of rotatable bonds is 5. The Labute approximate surface area is 115 Å². The topological polar surface area (TPSA) is 24.9 Å². The zero-order valence-corrected chi connectivity index (χ0v) is 11.0. The molecule has 0 aliphatic rings. The van der Waals surface area contributed by atoms with Gasteiger partial charge in [0.1, 0.15) is 17.5 Å². The molecule has 2 rings (SSSR count). The fourth-order valence-corrected chi connectivity index (χ4v) is 2.09. The van der Waals surface area contributed by atoms with E-state index in [0.717, 1.165) is 24.4 Å². The van der Waals surface area contributed by atoms with E-state index in [0.29, 0.717) is 12.1 Å². The largest absolute Gasteiger partial charge is 0.310 e. The first kappa shape index (κ1) is 14.5. The molecule has 5 heteroatoms. The third-order valence-corrected chi connectivity index (χ3v) is 3.01. The first-order valence-electron chi connectivity index (χ1n) is 6.38. The van der Waals surface area contributed by atoms with Crippen LogP contribution in [0.2, 0.25) is 0 Å². The number of hydrogen-bond donors (Lipinski definition) is 1. The van der Waals surface area contributed by atoms with Crippen molar-refractivity contribution in [2.24, 2.45) is 0 Å².